The summed E-state index contributed by atoms with van der Waals surface area (Å²) in [4.78, 5) is 4.76. The predicted octanol–water partition coefficient (Wildman–Crippen LogP) is 4.10. The molecule has 2 aromatic heterocycles. The maximum atomic E-state index is 9.56. The highest BCUT2D eigenvalue weighted by molar-refractivity contribution is 5.88. The summed E-state index contributed by atoms with van der Waals surface area (Å²) in [7, 11) is 0. The quantitative estimate of drug-likeness (QED) is 0.542. The predicted molar refractivity (Wildman–Crippen MR) is 101 cm³/mol. The Balaban J connectivity index is 1.79. The fraction of sp³-hybridized carbons (Fsp3) is 0.0952. The van der Waals surface area contributed by atoms with E-state index in [0.717, 1.165) is 28.1 Å². The number of para-hydroxylation sites is 2. The summed E-state index contributed by atoms with van der Waals surface area (Å²) in [5, 5.41) is 12.0. The monoisotopic (exact) mass is 327 g/mol. The third-order valence-electron chi connectivity index (χ3n) is 4.73. The molecule has 2 heterocycles. The summed E-state index contributed by atoms with van der Waals surface area (Å²) >= 11 is 0. The number of aromatic nitrogens is 3. The Labute approximate surface area is 144 Å². The van der Waals surface area contributed by atoms with Gasteiger partial charge in [-0.2, -0.15) is 0 Å². The van der Waals surface area contributed by atoms with Crippen LogP contribution in [-0.2, 0) is 6.54 Å². The second-order valence-corrected chi connectivity index (χ2v) is 6.22. The van der Waals surface area contributed by atoms with E-state index in [1.54, 1.807) is 0 Å². The van der Waals surface area contributed by atoms with Gasteiger partial charge in [0, 0.05) is 18.3 Å². The number of nitrogens with zero attached hydrogens (tertiary/aromatic N) is 3. The van der Waals surface area contributed by atoms with Crippen LogP contribution in [0.5, 0.6) is 0 Å². The lowest BCUT2D eigenvalue weighted by Gasteiger charge is -2.08. The summed E-state index contributed by atoms with van der Waals surface area (Å²) in [5.41, 5.74) is 4.24. The van der Waals surface area contributed by atoms with Gasteiger partial charge in [-0.25, -0.2) is 4.98 Å². The van der Waals surface area contributed by atoms with Crippen molar-refractivity contribution in [3.8, 4) is 11.3 Å². The van der Waals surface area contributed by atoms with Crippen LogP contribution in [0.25, 0.3) is 38.8 Å². The van der Waals surface area contributed by atoms with Crippen LogP contribution >= 0.6 is 0 Å². The smallest absolute Gasteiger partial charge is 0.215 e. The number of benzene rings is 3. The molecule has 1 N–H and O–H groups in total. The van der Waals surface area contributed by atoms with Crippen LogP contribution in [0.2, 0.25) is 0 Å². The van der Waals surface area contributed by atoms with Crippen molar-refractivity contribution in [1.29, 1.82) is 0 Å². The highest BCUT2D eigenvalue weighted by Crippen LogP contribution is 2.28. The van der Waals surface area contributed by atoms with Gasteiger partial charge < -0.3 is 9.67 Å². The van der Waals surface area contributed by atoms with Crippen LogP contribution in [0, 0.1) is 0 Å². The number of aliphatic hydroxyl groups excluding tert-OH is 1. The molecule has 0 unspecified atom stereocenters. The molecule has 0 atom stereocenters. The van der Waals surface area contributed by atoms with Gasteiger partial charge in [0.05, 0.1) is 23.3 Å². The number of rotatable bonds is 3. The van der Waals surface area contributed by atoms with Gasteiger partial charge >= 0.3 is 0 Å². The van der Waals surface area contributed by atoms with Crippen LogP contribution < -0.4 is 0 Å². The van der Waals surface area contributed by atoms with Gasteiger partial charge in [0.15, 0.2) is 0 Å². The van der Waals surface area contributed by atoms with E-state index in [1.165, 1.54) is 10.8 Å². The molecule has 0 spiro atoms. The van der Waals surface area contributed by atoms with E-state index in [-0.39, 0.29) is 6.61 Å². The van der Waals surface area contributed by atoms with Crippen LogP contribution in [0.4, 0.5) is 0 Å². The van der Waals surface area contributed by atoms with E-state index in [0.29, 0.717) is 6.54 Å². The zero-order chi connectivity index (χ0) is 16.8. The van der Waals surface area contributed by atoms with E-state index in [9.17, 15) is 5.11 Å². The van der Waals surface area contributed by atoms with Crippen molar-refractivity contribution in [3.63, 3.8) is 0 Å². The lowest BCUT2D eigenvalue weighted by atomic mass is 10.1. The fourth-order valence-electron chi connectivity index (χ4n) is 3.55. The summed E-state index contributed by atoms with van der Waals surface area (Å²) < 4.78 is 4.19. The molecule has 0 amide bonds. The van der Waals surface area contributed by atoms with Gasteiger partial charge in [-0.15, -0.1) is 0 Å². The Bertz CT molecular complexity index is 1220. The van der Waals surface area contributed by atoms with Crippen LogP contribution in [0.1, 0.15) is 0 Å². The van der Waals surface area contributed by atoms with Crippen molar-refractivity contribution in [2.45, 2.75) is 6.54 Å². The van der Waals surface area contributed by atoms with Gasteiger partial charge in [-0.3, -0.25) is 4.40 Å². The number of fused-ring (bicyclic) bond motifs is 4. The summed E-state index contributed by atoms with van der Waals surface area (Å²) in [5.74, 6) is 0.860. The van der Waals surface area contributed by atoms with Gasteiger partial charge in [0.1, 0.15) is 0 Å². The molecule has 0 fully saturated rings. The highest BCUT2D eigenvalue weighted by atomic mass is 16.3. The molecule has 5 aromatic rings. The number of imidazole rings is 2. The molecule has 0 aliphatic heterocycles. The summed E-state index contributed by atoms with van der Waals surface area (Å²) in [6.45, 7) is 0.593. The standard InChI is InChI=1S/C21H17N3O/c25-12-11-23-20(17-10-9-15-5-1-2-6-16(15)13-17)14-24-19-8-4-3-7-18(19)22-21(23)24/h1-10,13-14,25H,11-12H2. The maximum absolute atomic E-state index is 9.56. The minimum Gasteiger partial charge on any atom is -0.395 e. The molecule has 0 radical (unpaired) electrons. The molecule has 4 nitrogen and oxygen atoms in total. The van der Waals surface area contributed by atoms with E-state index >= 15 is 0 Å². The van der Waals surface area contributed by atoms with Crippen LogP contribution in [0.15, 0.2) is 72.9 Å². The molecule has 25 heavy (non-hydrogen) atoms. The molecule has 5 rings (SSSR count). The Morgan fingerprint density at radius 3 is 2.56 bits per heavy atom. The van der Waals surface area contributed by atoms with Crippen molar-refractivity contribution in [2.75, 3.05) is 6.61 Å². The van der Waals surface area contributed by atoms with Gasteiger partial charge in [0.25, 0.3) is 0 Å². The summed E-state index contributed by atoms with van der Waals surface area (Å²) in [6.07, 6.45) is 2.12. The normalized spacial score (nSPS) is 11.7. The average Bonchev–Trinajstić information content (AvgIpc) is 3.19. The lowest BCUT2D eigenvalue weighted by molar-refractivity contribution is 0.278. The third kappa shape index (κ3) is 2.15. The van der Waals surface area contributed by atoms with Gasteiger partial charge in [0.2, 0.25) is 5.78 Å². The van der Waals surface area contributed by atoms with Gasteiger partial charge in [-0.05, 0) is 29.0 Å². The molecular weight excluding hydrogens is 310 g/mol. The molecule has 4 heteroatoms. The van der Waals surface area contributed by atoms with E-state index in [4.69, 9.17) is 4.98 Å². The van der Waals surface area contributed by atoms with Crippen molar-refractivity contribution in [3.05, 3.63) is 72.9 Å². The zero-order valence-electron chi connectivity index (χ0n) is 13.6. The first-order valence-corrected chi connectivity index (χ1v) is 8.41. The SMILES string of the molecule is OCCn1c(-c2ccc3ccccc3c2)cn2c3ccccc3nc12. The zero-order valence-corrected chi connectivity index (χ0v) is 13.6. The van der Waals surface area contributed by atoms with E-state index in [1.807, 2.05) is 18.2 Å². The van der Waals surface area contributed by atoms with Crippen LogP contribution in [0.3, 0.4) is 0 Å². The molecule has 122 valence electrons. The number of aliphatic hydroxyl groups is 1. The fourth-order valence-corrected chi connectivity index (χ4v) is 3.55. The first-order chi connectivity index (χ1) is 12.3. The molecule has 0 saturated carbocycles. The first kappa shape index (κ1) is 14.3. The highest BCUT2D eigenvalue weighted by Gasteiger charge is 2.15. The Morgan fingerprint density at radius 1 is 0.880 bits per heavy atom. The third-order valence-corrected chi connectivity index (χ3v) is 4.73. The van der Waals surface area contributed by atoms with Crippen molar-refractivity contribution < 1.29 is 5.11 Å². The Morgan fingerprint density at radius 2 is 1.68 bits per heavy atom. The first-order valence-electron chi connectivity index (χ1n) is 8.41. The van der Waals surface area contributed by atoms with Crippen molar-refractivity contribution >= 4 is 27.6 Å². The number of hydrogen-bond donors (Lipinski definition) is 1. The molecular formula is C21H17N3O. The molecule has 3 aromatic carbocycles. The minimum absolute atomic E-state index is 0.0775. The lowest BCUT2D eigenvalue weighted by Crippen LogP contribution is -2.04. The van der Waals surface area contributed by atoms with Crippen molar-refractivity contribution in [1.82, 2.24) is 14.0 Å². The second kappa shape index (κ2) is 5.46. The molecule has 0 bridgehead atoms. The Hall–Kier alpha value is -3.11. The summed E-state index contributed by atoms with van der Waals surface area (Å²) in [6, 6.07) is 22.9. The van der Waals surface area contributed by atoms with Crippen molar-refractivity contribution in [2.24, 2.45) is 0 Å². The Kier molecular flexibility index (Phi) is 3.11. The molecule has 0 aliphatic rings. The molecule has 0 aliphatic carbocycles. The maximum Gasteiger partial charge on any atom is 0.215 e. The number of hydrogen-bond acceptors (Lipinski definition) is 2. The molecule has 0 saturated heterocycles. The van der Waals surface area contributed by atoms with Crippen LogP contribution in [-0.4, -0.2) is 25.7 Å². The second-order valence-electron chi connectivity index (χ2n) is 6.22. The topological polar surface area (TPSA) is 42.5 Å². The minimum atomic E-state index is 0.0775. The van der Waals surface area contributed by atoms with E-state index in [2.05, 4.69) is 63.7 Å². The average molecular weight is 327 g/mol. The van der Waals surface area contributed by atoms with Gasteiger partial charge in [-0.1, -0.05) is 48.5 Å². The largest absolute Gasteiger partial charge is 0.395 e. The van der Waals surface area contributed by atoms with E-state index < -0.39 is 0 Å².